The molecule has 0 unspecified atom stereocenters. The standard InChI is InChI=1S/C20H27F3O2/c21-20(22,23)13-7-5-3-1-2-4-6-8-15-9-12-17(19(24)25)18(14-15)16-10-11-16/h9,12,14,16H,1-8,10-11,13H2,(H,24,25). The second kappa shape index (κ2) is 9.25. The summed E-state index contributed by atoms with van der Waals surface area (Å²) in [6.45, 7) is 0. The molecule has 0 atom stereocenters. The molecule has 0 spiro atoms. The maximum atomic E-state index is 12.0. The number of hydrogen-bond donors (Lipinski definition) is 1. The second-order valence-electron chi connectivity index (χ2n) is 7.09. The van der Waals surface area contributed by atoms with Crippen molar-refractivity contribution in [2.24, 2.45) is 0 Å². The van der Waals surface area contributed by atoms with Gasteiger partial charge in [0.25, 0.3) is 0 Å². The number of unbranched alkanes of at least 4 members (excludes halogenated alkanes) is 6. The molecular formula is C20H27F3O2. The number of benzene rings is 1. The summed E-state index contributed by atoms with van der Waals surface area (Å²) in [5.41, 5.74) is 2.61. The Labute approximate surface area is 147 Å². The largest absolute Gasteiger partial charge is 0.478 e. The third kappa shape index (κ3) is 7.49. The number of carboxylic acid groups (broad SMARTS) is 1. The van der Waals surface area contributed by atoms with Crippen molar-refractivity contribution in [2.45, 2.75) is 82.7 Å². The van der Waals surface area contributed by atoms with Crippen molar-refractivity contribution >= 4 is 5.97 Å². The van der Waals surface area contributed by atoms with E-state index in [2.05, 4.69) is 6.07 Å². The molecule has 0 radical (unpaired) electrons. The quantitative estimate of drug-likeness (QED) is 0.460. The maximum absolute atomic E-state index is 12.0. The summed E-state index contributed by atoms with van der Waals surface area (Å²) >= 11 is 0. The molecule has 140 valence electrons. The summed E-state index contributed by atoms with van der Waals surface area (Å²) in [5.74, 6) is -0.429. The Morgan fingerprint density at radius 2 is 1.60 bits per heavy atom. The van der Waals surface area contributed by atoms with Gasteiger partial charge in [0.05, 0.1) is 5.56 Å². The van der Waals surface area contributed by atoms with Gasteiger partial charge in [-0.1, -0.05) is 44.2 Å². The first-order valence-electron chi connectivity index (χ1n) is 9.29. The van der Waals surface area contributed by atoms with Gasteiger partial charge in [-0.05, 0) is 55.2 Å². The lowest BCUT2D eigenvalue weighted by atomic mass is 9.97. The number of carbonyl (C=O) groups is 1. The molecule has 1 aromatic carbocycles. The monoisotopic (exact) mass is 356 g/mol. The molecule has 1 fully saturated rings. The van der Waals surface area contributed by atoms with Crippen molar-refractivity contribution in [3.8, 4) is 0 Å². The van der Waals surface area contributed by atoms with Crippen LogP contribution in [0, 0.1) is 0 Å². The van der Waals surface area contributed by atoms with Crippen LogP contribution in [0.2, 0.25) is 0 Å². The van der Waals surface area contributed by atoms with Crippen LogP contribution < -0.4 is 0 Å². The molecular weight excluding hydrogens is 329 g/mol. The summed E-state index contributed by atoms with van der Waals surface area (Å²) in [5, 5.41) is 9.25. The van der Waals surface area contributed by atoms with Crippen LogP contribution in [0.1, 0.15) is 91.6 Å². The molecule has 0 aliphatic heterocycles. The third-order valence-corrected chi connectivity index (χ3v) is 4.79. The number of rotatable bonds is 11. The zero-order valence-electron chi connectivity index (χ0n) is 14.6. The number of carboxylic acids is 1. The molecule has 0 aromatic heterocycles. The van der Waals surface area contributed by atoms with Crippen molar-refractivity contribution in [1.82, 2.24) is 0 Å². The Morgan fingerprint density at radius 1 is 1.00 bits per heavy atom. The minimum Gasteiger partial charge on any atom is -0.478 e. The van der Waals surface area contributed by atoms with Crippen molar-refractivity contribution in [2.75, 3.05) is 0 Å². The van der Waals surface area contributed by atoms with Gasteiger partial charge in [-0.3, -0.25) is 0 Å². The molecule has 0 bridgehead atoms. The molecule has 1 aromatic rings. The fourth-order valence-electron chi connectivity index (χ4n) is 3.23. The van der Waals surface area contributed by atoms with Crippen molar-refractivity contribution < 1.29 is 23.1 Å². The van der Waals surface area contributed by atoms with E-state index in [9.17, 15) is 23.1 Å². The highest BCUT2D eigenvalue weighted by Gasteiger charge is 2.28. The van der Waals surface area contributed by atoms with Crippen molar-refractivity contribution in [3.63, 3.8) is 0 Å². The average Bonchev–Trinajstić information content (AvgIpc) is 3.36. The minimum atomic E-state index is -4.02. The van der Waals surface area contributed by atoms with E-state index in [4.69, 9.17) is 0 Å². The molecule has 1 saturated carbocycles. The van der Waals surface area contributed by atoms with Crippen LogP contribution in [0.4, 0.5) is 13.2 Å². The second-order valence-corrected chi connectivity index (χ2v) is 7.09. The topological polar surface area (TPSA) is 37.3 Å². The molecule has 1 N–H and O–H groups in total. The van der Waals surface area contributed by atoms with E-state index in [1.165, 1.54) is 5.56 Å². The van der Waals surface area contributed by atoms with Gasteiger partial charge in [-0.15, -0.1) is 0 Å². The Bertz CT molecular complexity index is 563. The van der Waals surface area contributed by atoms with Gasteiger partial charge in [0, 0.05) is 6.42 Å². The van der Waals surface area contributed by atoms with Gasteiger partial charge in [-0.25, -0.2) is 4.79 Å². The number of aromatic carboxylic acids is 1. The fourth-order valence-corrected chi connectivity index (χ4v) is 3.23. The summed E-state index contributed by atoms with van der Waals surface area (Å²) < 4.78 is 36.0. The van der Waals surface area contributed by atoms with Gasteiger partial charge < -0.3 is 5.11 Å². The predicted octanol–water partition coefficient (Wildman–Crippen LogP) is 6.49. The van der Waals surface area contributed by atoms with Gasteiger partial charge in [0.1, 0.15) is 0 Å². The molecule has 1 aliphatic rings. The summed E-state index contributed by atoms with van der Waals surface area (Å²) in [4.78, 5) is 11.3. The molecule has 2 nitrogen and oxygen atoms in total. The van der Waals surface area contributed by atoms with E-state index in [0.717, 1.165) is 56.9 Å². The fraction of sp³-hybridized carbons (Fsp3) is 0.650. The van der Waals surface area contributed by atoms with E-state index in [1.54, 1.807) is 6.07 Å². The van der Waals surface area contributed by atoms with Crippen LogP contribution in [0.5, 0.6) is 0 Å². The average molecular weight is 356 g/mol. The highest BCUT2D eigenvalue weighted by atomic mass is 19.4. The number of halogens is 3. The zero-order chi connectivity index (χ0) is 18.3. The minimum absolute atomic E-state index is 0.239. The Hall–Kier alpha value is -1.52. The Morgan fingerprint density at radius 3 is 2.16 bits per heavy atom. The summed E-state index contributed by atoms with van der Waals surface area (Å²) in [6.07, 6.45) is 4.33. The number of aryl methyl sites for hydroxylation is 1. The lowest BCUT2D eigenvalue weighted by Gasteiger charge is -2.09. The zero-order valence-corrected chi connectivity index (χ0v) is 14.6. The van der Waals surface area contributed by atoms with Gasteiger partial charge >= 0.3 is 12.1 Å². The van der Waals surface area contributed by atoms with Crippen LogP contribution in [0.15, 0.2) is 18.2 Å². The summed E-state index contributed by atoms with van der Waals surface area (Å²) in [6, 6.07) is 5.69. The van der Waals surface area contributed by atoms with E-state index in [0.29, 0.717) is 17.9 Å². The van der Waals surface area contributed by atoms with Crippen molar-refractivity contribution in [1.29, 1.82) is 0 Å². The van der Waals surface area contributed by atoms with E-state index in [-0.39, 0.29) is 6.42 Å². The normalized spacial score (nSPS) is 14.7. The van der Waals surface area contributed by atoms with Crippen LogP contribution in [-0.2, 0) is 6.42 Å². The lowest BCUT2D eigenvalue weighted by Crippen LogP contribution is -2.06. The smallest absolute Gasteiger partial charge is 0.389 e. The molecule has 2 rings (SSSR count). The molecule has 1 aliphatic carbocycles. The third-order valence-electron chi connectivity index (χ3n) is 4.79. The number of alkyl halides is 3. The molecule has 25 heavy (non-hydrogen) atoms. The maximum Gasteiger partial charge on any atom is 0.389 e. The van der Waals surface area contributed by atoms with E-state index < -0.39 is 18.6 Å². The van der Waals surface area contributed by atoms with E-state index >= 15 is 0 Å². The number of hydrogen-bond acceptors (Lipinski definition) is 1. The lowest BCUT2D eigenvalue weighted by molar-refractivity contribution is -0.135. The Balaban J connectivity index is 1.61. The highest BCUT2D eigenvalue weighted by molar-refractivity contribution is 5.89. The van der Waals surface area contributed by atoms with Gasteiger partial charge in [-0.2, -0.15) is 13.2 Å². The van der Waals surface area contributed by atoms with Crippen LogP contribution in [-0.4, -0.2) is 17.3 Å². The summed E-state index contributed by atoms with van der Waals surface area (Å²) in [7, 11) is 0. The predicted molar refractivity (Wildman–Crippen MR) is 92.1 cm³/mol. The molecule has 0 heterocycles. The molecule has 0 saturated heterocycles. The first-order chi connectivity index (χ1) is 11.9. The highest BCUT2D eigenvalue weighted by Crippen LogP contribution is 2.42. The van der Waals surface area contributed by atoms with Gasteiger partial charge in [0.15, 0.2) is 0 Å². The van der Waals surface area contributed by atoms with Crippen LogP contribution in [0.25, 0.3) is 0 Å². The first kappa shape index (κ1) is 19.8. The molecule has 0 amide bonds. The van der Waals surface area contributed by atoms with Crippen molar-refractivity contribution in [3.05, 3.63) is 34.9 Å². The van der Waals surface area contributed by atoms with Crippen LogP contribution >= 0.6 is 0 Å². The van der Waals surface area contributed by atoms with Crippen LogP contribution in [0.3, 0.4) is 0 Å². The Kier molecular flexibility index (Phi) is 7.33. The van der Waals surface area contributed by atoms with Gasteiger partial charge in [0.2, 0.25) is 0 Å². The van der Waals surface area contributed by atoms with E-state index in [1.807, 2.05) is 6.07 Å². The SMILES string of the molecule is O=C(O)c1ccc(CCCCCCCCCC(F)(F)F)cc1C1CC1. The first-order valence-corrected chi connectivity index (χ1v) is 9.29. The molecule has 5 heteroatoms.